The Hall–Kier alpha value is -3.31. The number of nitrogen functional groups attached to an aromatic ring is 1. The lowest BCUT2D eigenvalue weighted by Gasteiger charge is -2.13. The Morgan fingerprint density at radius 2 is 1.91 bits per heavy atom. The van der Waals surface area contributed by atoms with Crippen LogP contribution >= 0.6 is 11.3 Å². The monoisotopic (exact) mass is 473 g/mol. The second-order valence-corrected chi connectivity index (χ2v) is 10.6. The lowest BCUT2D eigenvalue weighted by atomic mass is 9.98. The third kappa shape index (κ3) is 4.21. The predicted molar refractivity (Wildman–Crippen MR) is 121 cm³/mol. The van der Waals surface area contributed by atoms with Gasteiger partial charge in [-0.3, -0.25) is 4.72 Å². The molecule has 3 N–H and O–H groups in total. The molecule has 0 unspecified atom stereocenters. The van der Waals surface area contributed by atoms with Gasteiger partial charge in [-0.1, -0.05) is 26.8 Å². The highest BCUT2D eigenvalue weighted by atomic mass is 32.2. The van der Waals surface area contributed by atoms with Crippen LogP contribution in [0.2, 0.25) is 0 Å². The number of rotatable bonds is 5. The third-order valence-corrected chi connectivity index (χ3v) is 7.19. The molecule has 0 spiro atoms. The maximum Gasteiger partial charge on any atom is 0.295 e. The molecule has 0 fully saturated rings. The van der Waals surface area contributed by atoms with Crippen molar-refractivity contribution in [3.05, 3.63) is 59.7 Å². The summed E-state index contributed by atoms with van der Waals surface area (Å²) >= 11 is 1.37. The smallest absolute Gasteiger partial charge is 0.295 e. The van der Waals surface area contributed by atoms with Crippen LogP contribution in [0, 0.1) is 5.82 Å². The summed E-state index contributed by atoms with van der Waals surface area (Å²) in [6.07, 6.45) is 2.74. The molecule has 3 heterocycles. The maximum atomic E-state index is 15.6. The molecular formula is C21H20FN5O3S2. The van der Waals surface area contributed by atoms with Gasteiger partial charge in [-0.25, -0.2) is 19.3 Å². The van der Waals surface area contributed by atoms with E-state index >= 15 is 4.39 Å². The van der Waals surface area contributed by atoms with E-state index in [1.165, 1.54) is 48.1 Å². The summed E-state index contributed by atoms with van der Waals surface area (Å²) in [5, 5.41) is 0.448. The molecule has 0 aliphatic heterocycles. The van der Waals surface area contributed by atoms with E-state index in [-0.39, 0.29) is 27.7 Å². The van der Waals surface area contributed by atoms with Crippen LogP contribution in [0.1, 0.15) is 25.8 Å². The first-order valence-corrected chi connectivity index (χ1v) is 11.8. The number of nitrogens with one attached hydrogen (secondary N) is 1. The molecule has 0 saturated heterocycles. The van der Waals surface area contributed by atoms with Crippen molar-refractivity contribution >= 4 is 33.0 Å². The first kappa shape index (κ1) is 21.9. The molecule has 0 atom stereocenters. The number of aromatic nitrogens is 3. The molecule has 4 rings (SSSR count). The quantitative estimate of drug-likeness (QED) is 0.431. The van der Waals surface area contributed by atoms with Gasteiger partial charge < -0.3 is 10.2 Å². The topological polar surface area (TPSA) is 124 Å². The van der Waals surface area contributed by atoms with E-state index in [2.05, 4.69) is 19.7 Å². The predicted octanol–water partition coefficient (Wildman–Crippen LogP) is 4.68. The van der Waals surface area contributed by atoms with E-state index in [0.717, 1.165) is 5.01 Å². The fourth-order valence-electron chi connectivity index (χ4n) is 2.90. The summed E-state index contributed by atoms with van der Waals surface area (Å²) in [6.45, 7) is 5.99. The van der Waals surface area contributed by atoms with Crippen LogP contribution in [0.4, 0.5) is 16.0 Å². The van der Waals surface area contributed by atoms with Gasteiger partial charge >= 0.3 is 0 Å². The first-order valence-electron chi connectivity index (χ1n) is 9.51. The number of thiazole rings is 1. The molecule has 11 heteroatoms. The van der Waals surface area contributed by atoms with Crippen LogP contribution in [0.5, 0.6) is 0 Å². The number of hydrogen-bond donors (Lipinski definition) is 2. The third-order valence-electron chi connectivity index (χ3n) is 4.43. The summed E-state index contributed by atoms with van der Waals surface area (Å²) in [5.74, 6) is -0.684. The van der Waals surface area contributed by atoms with Crippen molar-refractivity contribution in [2.75, 3.05) is 10.5 Å². The SMILES string of the molecule is CC(C)(C)c1nc(-c2cccc(NS(=O)(=O)c3ccco3)c2F)c(-c2ccnc(N)n2)s1. The highest BCUT2D eigenvalue weighted by Crippen LogP contribution is 2.41. The van der Waals surface area contributed by atoms with Gasteiger partial charge in [-0.2, -0.15) is 8.42 Å². The first-order chi connectivity index (χ1) is 15.1. The number of furan rings is 1. The number of halogens is 1. The van der Waals surface area contributed by atoms with Crippen molar-refractivity contribution in [3.8, 4) is 21.8 Å². The van der Waals surface area contributed by atoms with Crippen molar-refractivity contribution in [1.29, 1.82) is 0 Å². The highest BCUT2D eigenvalue weighted by Gasteiger charge is 2.27. The second kappa shape index (κ2) is 7.99. The molecule has 32 heavy (non-hydrogen) atoms. The molecule has 0 radical (unpaired) electrons. The fourth-order valence-corrected chi connectivity index (χ4v) is 5.00. The summed E-state index contributed by atoms with van der Waals surface area (Å²) in [7, 11) is -4.09. The molecule has 8 nitrogen and oxygen atoms in total. The lowest BCUT2D eigenvalue weighted by molar-refractivity contribution is 0.452. The molecule has 0 bridgehead atoms. The van der Waals surface area contributed by atoms with Crippen LogP contribution in [0.3, 0.4) is 0 Å². The second-order valence-electron chi connectivity index (χ2n) is 7.95. The van der Waals surface area contributed by atoms with Gasteiger partial charge in [-0.15, -0.1) is 11.3 Å². The van der Waals surface area contributed by atoms with E-state index in [1.807, 2.05) is 20.8 Å². The van der Waals surface area contributed by atoms with Gasteiger partial charge in [0.2, 0.25) is 11.0 Å². The van der Waals surface area contributed by atoms with Crippen molar-refractivity contribution in [1.82, 2.24) is 15.0 Å². The standard InChI is InChI=1S/C21H20FN5O3S2/c1-21(2,3)19-26-17(18(31-19)14-9-10-24-20(23)25-14)12-6-4-7-13(16(12)22)27-32(28,29)15-8-5-11-30-15/h4-11,27H,1-3H3,(H2,23,24,25). The van der Waals surface area contributed by atoms with E-state index in [4.69, 9.17) is 10.2 Å². The molecule has 0 saturated carbocycles. The molecule has 0 amide bonds. The van der Waals surface area contributed by atoms with E-state index in [1.54, 1.807) is 12.1 Å². The Balaban J connectivity index is 1.85. The average Bonchev–Trinajstić information content (AvgIpc) is 3.40. The van der Waals surface area contributed by atoms with Crippen LogP contribution in [-0.4, -0.2) is 23.4 Å². The minimum Gasteiger partial charge on any atom is -0.451 e. The van der Waals surface area contributed by atoms with Crippen molar-refractivity contribution < 1.29 is 17.2 Å². The van der Waals surface area contributed by atoms with Crippen LogP contribution in [0.15, 0.2) is 58.4 Å². The van der Waals surface area contributed by atoms with Gasteiger partial charge in [0.25, 0.3) is 10.0 Å². The molecule has 4 aromatic rings. The minimum atomic E-state index is -4.09. The maximum absolute atomic E-state index is 15.6. The van der Waals surface area contributed by atoms with Crippen LogP contribution in [0.25, 0.3) is 21.8 Å². The highest BCUT2D eigenvalue weighted by molar-refractivity contribution is 7.92. The Kier molecular flexibility index (Phi) is 5.47. The van der Waals surface area contributed by atoms with Gasteiger partial charge in [-0.05, 0) is 30.3 Å². The Bertz CT molecular complexity index is 1380. The summed E-state index contributed by atoms with van der Waals surface area (Å²) in [5.41, 5.74) is 6.20. The average molecular weight is 474 g/mol. The largest absolute Gasteiger partial charge is 0.451 e. The van der Waals surface area contributed by atoms with Gasteiger partial charge in [0.05, 0.1) is 33.2 Å². The van der Waals surface area contributed by atoms with Gasteiger partial charge in [0, 0.05) is 17.2 Å². The zero-order valence-corrected chi connectivity index (χ0v) is 19.1. The lowest BCUT2D eigenvalue weighted by Crippen LogP contribution is -2.13. The zero-order valence-electron chi connectivity index (χ0n) is 17.5. The number of benzene rings is 1. The molecule has 166 valence electrons. The van der Waals surface area contributed by atoms with Crippen LogP contribution < -0.4 is 10.5 Å². The molecule has 1 aromatic carbocycles. The molecule has 0 aliphatic rings. The Labute approximate surface area is 188 Å². The summed E-state index contributed by atoms with van der Waals surface area (Å²) in [6, 6.07) is 8.80. The number of nitrogens with zero attached hydrogens (tertiary/aromatic N) is 3. The van der Waals surface area contributed by atoms with Crippen molar-refractivity contribution in [2.45, 2.75) is 31.3 Å². The van der Waals surface area contributed by atoms with Crippen LogP contribution in [-0.2, 0) is 15.4 Å². The van der Waals surface area contributed by atoms with Gasteiger partial charge in [0.15, 0.2) is 5.82 Å². The molecular weight excluding hydrogens is 453 g/mol. The van der Waals surface area contributed by atoms with Crippen molar-refractivity contribution in [2.24, 2.45) is 0 Å². The Morgan fingerprint density at radius 1 is 1.12 bits per heavy atom. The Morgan fingerprint density at radius 3 is 2.56 bits per heavy atom. The van der Waals surface area contributed by atoms with Crippen molar-refractivity contribution in [3.63, 3.8) is 0 Å². The number of nitrogens with two attached hydrogens (primary N) is 1. The summed E-state index contributed by atoms with van der Waals surface area (Å²) < 4.78 is 47.8. The zero-order chi connectivity index (χ0) is 23.1. The molecule has 0 aliphatic carbocycles. The van der Waals surface area contributed by atoms with E-state index in [9.17, 15) is 8.42 Å². The minimum absolute atomic E-state index is 0.0830. The molecule has 3 aromatic heterocycles. The number of sulfonamides is 1. The summed E-state index contributed by atoms with van der Waals surface area (Å²) in [4.78, 5) is 13.5. The fraction of sp³-hybridized carbons (Fsp3) is 0.190. The van der Waals surface area contributed by atoms with Gasteiger partial charge in [0.1, 0.15) is 0 Å². The van der Waals surface area contributed by atoms with E-state index < -0.39 is 15.8 Å². The van der Waals surface area contributed by atoms with E-state index in [0.29, 0.717) is 16.3 Å². The number of hydrogen-bond acceptors (Lipinski definition) is 8. The number of anilines is 2. The normalized spacial score (nSPS) is 12.1.